The molecule has 0 spiro atoms. The van der Waals surface area contributed by atoms with Gasteiger partial charge in [-0.15, -0.1) is 12.4 Å². The van der Waals surface area contributed by atoms with Crippen LogP contribution in [0.15, 0.2) is 30.5 Å². The molecule has 0 aliphatic rings. The molecule has 116 valence electrons. The summed E-state index contributed by atoms with van der Waals surface area (Å²) in [6, 6.07) is 7.06. The molecule has 5 nitrogen and oxygen atoms in total. The third-order valence-electron chi connectivity index (χ3n) is 2.98. The summed E-state index contributed by atoms with van der Waals surface area (Å²) in [4.78, 5) is 0. The lowest BCUT2D eigenvalue weighted by Gasteiger charge is -2.09. The molecule has 0 radical (unpaired) electrons. The molecule has 0 amide bonds. The van der Waals surface area contributed by atoms with Crippen molar-refractivity contribution in [2.75, 3.05) is 13.8 Å². The van der Waals surface area contributed by atoms with Crippen LogP contribution in [0.5, 0.6) is 11.5 Å². The van der Waals surface area contributed by atoms with Gasteiger partial charge in [-0.3, -0.25) is 4.68 Å². The zero-order valence-electron chi connectivity index (χ0n) is 11.8. The number of alkyl halides is 1. The van der Waals surface area contributed by atoms with Crippen LogP contribution >= 0.6 is 12.4 Å². The van der Waals surface area contributed by atoms with Crippen LogP contribution in [-0.4, -0.2) is 28.7 Å². The van der Waals surface area contributed by atoms with Crippen LogP contribution in [0, 0.1) is 0 Å². The van der Waals surface area contributed by atoms with Crippen LogP contribution < -0.4 is 10.1 Å². The number of ether oxygens (including phenoxy) is 1. The lowest BCUT2D eigenvalue weighted by molar-refractivity contribution is 0.372. The van der Waals surface area contributed by atoms with Gasteiger partial charge in [0.25, 0.3) is 0 Å². The summed E-state index contributed by atoms with van der Waals surface area (Å²) in [5.74, 6) is 0.573. The molecule has 0 bridgehead atoms. The van der Waals surface area contributed by atoms with Crippen molar-refractivity contribution in [3.05, 3.63) is 41.7 Å². The average Bonchev–Trinajstić information content (AvgIpc) is 2.89. The number of aromatic nitrogens is 2. The number of methoxy groups -OCH3 is 1. The Morgan fingerprint density at radius 2 is 2.14 bits per heavy atom. The minimum absolute atomic E-state index is 0. The van der Waals surface area contributed by atoms with Crippen molar-refractivity contribution in [3.8, 4) is 11.5 Å². The van der Waals surface area contributed by atoms with Gasteiger partial charge in [0, 0.05) is 19.3 Å². The van der Waals surface area contributed by atoms with Crippen LogP contribution in [0.3, 0.4) is 0 Å². The van der Waals surface area contributed by atoms with E-state index in [1.54, 1.807) is 23.0 Å². The molecule has 2 aromatic rings. The first-order valence-corrected chi connectivity index (χ1v) is 6.38. The average molecular weight is 316 g/mol. The fourth-order valence-corrected chi connectivity index (χ4v) is 1.96. The van der Waals surface area contributed by atoms with Gasteiger partial charge in [0.05, 0.1) is 19.3 Å². The Balaban J connectivity index is 0.00000220. The third-order valence-corrected chi connectivity index (χ3v) is 2.98. The Hall–Kier alpha value is -1.79. The van der Waals surface area contributed by atoms with E-state index in [0.717, 1.165) is 11.3 Å². The highest BCUT2D eigenvalue weighted by atomic mass is 35.5. The summed E-state index contributed by atoms with van der Waals surface area (Å²) in [7, 11) is 1.52. The van der Waals surface area contributed by atoms with Crippen LogP contribution in [-0.2, 0) is 19.6 Å². The molecule has 0 atom stereocenters. The van der Waals surface area contributed by atoms with Crippen molar-refractivity contribution in [2.24, 2.45) is 0 Å². The van der Waals surface area contributed by atoms with E-state index < -0.39 is 6.67 Å². The predicted octanol–water partition coefficient (Wildman–Crippen LogP) is 2.28. The molecule has 0 aliphatic carbocycles. The first kappa shape index (κ1) is 17.3. The van der Waals surface area contributed by atoms with Crippen molar-refractivity contribution >= 4 is 12.4 Å². The van der Waals surface area contributed by atoms with E-state index in [2.05, 4.69) is 10.4 Å². The van der Waals surface area contributed by atoms with E-state index in [1.807, 2.05) is 12.1 Å². The van der Waals surface area contributed by atoms with Gasteiger partial charge in [0.15, 0.2) is 11.5 Å². The van der Waals surface area contributed by atoms with E-state index >= 15 is 0 Å². The van der Waals surface area contributed by atoms with Gasteiger partial charge in [-0.05, 0) is 23.8 Å². The monoisotopic (exact) mass is 315 g/mol. The van der Waals surface area contributed by atoms with Gasteiger partial charge in [-0.2, -0.15) is 5.10 Å². The van der Waals surface area contributed by atoms with Crippen molar-refractivity contribution in [3.63, 3.8) is 0 Å². The first-order chi connectivity index (χ1) is 9.74. The summed E-state index contributed by atoms with van der Waals surface area (Å²) in [5, 5.41) is 16.8. The number of nitrogens with zero attached hydrogens (tertiary/aromatic N) is 2. The summed E-state index contributed by atoms with van der Waals surface area (Å²) in [5.41, 5.74) is 1.93. The number of rotatable bonds is 7. The van der Waals surface area contributed by atoms with E-state index in [4.69, 9.17) is 4.74 Å². The van der Waals surface area contributed by atoms with E-state index in [1.165, 1.54) is 7.11 Å². The van der Waals surface area contributed by atoms with Crippen LogP contribution in [0.1, 0.15) is 11.3 Å². The molecule has 21 heavy (non-hydrogen) atoms. The second-order valence-corrected chi connectivity index (χ2v) is 4.34. The number of benzene rings is 1. The lowest BCUT2D eigenvalue weighted by Crippen LogP contribution is -2.17. The molecule has 0 fully saturated rings. The third kappa shape index (κ3) is 4.61. The van der Waals surface area contributed by atoms with Gasteiger partial charge in [0.2, 0.25) is 0 Å². The van der Waals surface area contributed by atoms with Gasteiger partial charge < -0.3 is 15.2 Å². The van der Waals surface area contributed by atoms with Gasteiger partial charge in [-0.1, -0.05) is 6.07 Å². The van der Waals surface area contributed by atoms with E-state index in [0.29, 0.717) is 18.8 Å². The van der Waals surface area contributed by atoms with E-state index in [9.17, 15) is 9.50 Å². The Morgan fingerprint density at radius 3 is 2.86 bits per heavy atom. The van der Waals surface area contributed by atoms with Crippen molar-refractivity contribution < 1.29 is 14.2 Å². The number of nitrogens with one attached hydrogen (secondary N) is 1. The SMILES string of the molecule is COc1cc(CNCc2ccnn2CCF)ccc1O.Cl. The number of aromatic hydroxyl groups is 1. The minimum Gasteiger partial charge on any atom is -0.504 e. The number of phenols is 1. The molecule has 1 aromatic heterocycles. The highest BCUT2D eigenvalue weighted by Crippen LogP contribution is 2.26. The fourth-order valence-electron chi connectivity index (χ4n) is 1.96. The normalized spacial score (nSPS) is 10.2. The lowest BCUT2D eigenvalue weighted by atomic mass is 10.2. The molecule has 7 heteroatoms. The summed E-state index contributed by atoms with van der Waals surface area (Å²) < 4.78 is 19.0. The van der Waals surface area contributed by atoms with Gasteiger partial charge in [0.1, 0.15) is 6.67 Å². The fraction of sp³-hybridized carbons (Fsp3) is 0.357. The second kappa shape index (κ2) is 8.49. The maximum Gasteiger partial charge on any atom is 0.160 e. The molecule has 2 N–H and O–H groups in total. The van der Waals surface area contributed by atoms with Crippen LogP contribution in [0.4, 0.5) is 4.39 Å². The van der Waals surface area contributed by atoms with Gasteiger partial charge in [-0.25, -0.2) is 4.39 Å². The van der Waals surface area contributed by atoms with Crippen molar-refractivity contribution in [1.29, 1.82) is 0 Å². The molecule has 1 aromatic carbocycles. The highest BCUT2D eigenvalue weighted by Gasteiger charge is 2.04. The number of hydrogen-bond donors (Lipinski definition) is 2. The number of hydrogen-bond acceptors (Lipinski definition) is 4. The Kier molecular flexibility index (Phi) is 6.98. The standard InChI is InChI=1S/C14H18FN3O2.ClH/c1-20-14-8-11(2-3-13(14)19)9-16-10-12-4-6-17-18(12)7-5-15;/h2-4,6,8,16,19H,5,7,9-10H2,1H3;1H. The number of phenolic OH excluding ortho intramolecular Hbond substituents is 1. The quantitative estimate of drug-likeness (QED) is 0.823. The molecule has 2 rings (SSSR count). The second-order valence-electron chi connectivity index (χ2n) is 4.34. The van der Waals surface area contributed by atoms with Crippen molar-refractivity contribution in [2.45, 2.75) is 19.6 Å². The number of aryl methyl sites for hydroxylation is 1. The first-order valence-electron chi connectivity index (χ1n) is 6.38. The maximum atomic E-state index is 12.3. The molecule has 0 saturated carbocycles. The smallest absolute Gasteiger partial charge is 0.160 e. The Labute approximate surface area is 129 Å². The summed E-state index contributed by atoms with van der Waals surface area (Å²) >= 11 is 0. The predicted molar refractivity (Wildman–Crippen MR) is 80.7 cm³/mol. The summed E-state index contributed by atoms with van der Waals surface area (Å²) in [6.45, 7) is 1.07. The minimum atomic E-state index is -0.427. The number of halogens is 2. The van der Waals surface area contributed by atoms with Crippen molar-refractivity contribution in [1.82, 2.24) is 15.1 Å². The molecule has 1 heterocycles. The molecule has 0 aliphatic heterocycles. The maximum absolute atomic E-state index is 12.3. The molecule has 0 saturated heterocycles. The Morgan fingerprint density at radius 1 is 1.33 bits per heavy atom. The van der Waals surface area contributed by atoms with E-state index in [-0.39, 0.29) is 24.7 Å². The molecular formula is C14H19ClFN3O2. The Bertz CT molecular complexity index is 563. The zero-order chi connectivity index (χ0) is 14.4. The largest absolute Gasteiger partial charge is 0.504 e. The van der Waals surface area contributed by atoms with Crippen LogP contribution in [0.25, 0.3) is 0 Å². The zero-order valence-corrected chi connectivity index (χ0v) is 12.6. The molecular weight excluding hydrogens is 297 g/mol. The van der Waals surface area contributed by atoms with Crippen LogP contribution in [0.2, 0.25) is 0 Å². The topological polar surface area (TPSA) is 59.3 Å². The summed E-state index contributed by atoms with van der Waals surface area (Å²) in [6.07, 6.45) is 1.66. The highest BCUT2D eigenvalue weighted by molar-refractivity contribution is 5.85. The molecule has 0 unspecified atom stereocenters. The van der Waals surface area contributed by atoms with Gasteiger partial charge >= 0.3 is 0 Å².